The summed E-state index contributed by atoms with van der Waals surface area (Å²) < 4.78 is 0. The molecule has 1 N–H and O–H groups in total. The highest BCUT2D eigenvalue weighted by atomic mass is 14.9. The van der Waals surface area contributed by atoms with E-state index in [0.29, 0.717) is 5.41 Å². The molecule has 0 bridgehead atoms. The van der Waals surface area contributed by atoms with Gasteiger partial charge in [0.15, 0.2) is 0 Å². The monoisotopic (exact) mass is 223 g/mol. The highest BCUT2D eigenvalue weighted by molar-refractivity contribution is 4.91. The smallest absolute Gasteiger partial charge is 0.0118 e. The highest BCUT2D eigenvalue weighted by Gasteiger charge is 2.34. The standard InChI is InChI=1S/C15H29N/c1-12-7-4-5-8-13(12)11-16-14-9-6-10-15(14,2)3/h12-14,16H,4-11H2,1-3H3. The van der Waals surface area contributed by atoms with E-state index in [4.69, 9.17) is 0 Å². The Balaban J connectivity index is 1.78. The molecule has 3 atom stereocenters. The summed E-state index contributed by atoms with van der Waals surface area (Å²) in [4.78, 5) is 0. The Labute approximate surface area is 101 Å². The second kappa shape index (κ2) is 5.08. The van der Waals surface area contributed by atoms with Gasteiger partial charge >= 0.3 is 0 Å². The van der Waals surface area contributed by atoms with Crippen LogP contribution < -0.4 is 5.32 Å². The number of rotatable bonds is 3. The van der Waals surface area contributed by atoms with E-state index in [-0.39, 0.29) is 0 Å². The minimum Gasteiger partial charge on any atom is -0.313 e. The van der Waals surface area contributed by atoms with Crippen molar-refractivity contribution in [3.8, 4) is 0 Å². The van der Waals surface area contributed by atoms with Crippen molar-refractivity contribution in [2.45, 2.75) is 71.8 Å². The maximum Gasteiger partial charge on any atom is 0.0118 e. The van der Waals surface area contributed by atoms with Crippen molar-refractivity contribution in [3.63, 3.8) is 0 Å². The molecule has 2 saturated carbocycles. The lowest BCUT2D eigenvalue weighted by atomic mass is 9.80. The van der Waals surface area contributed by atoms with E-state index in [1.54, 1.807) is 0 Å². The van der Waals surface area contributed by atoms with Crippen molar-refractivity contribution in [1.82, 2.24) is 5.32 Å². The summed E-state index contributed by atoms with van der Waals surface area (Å²) in [6.45, 7) is 8.59. The van der Waals surface area contributed by atoms with Crippen molar-refractivity contribution in [1.29, 1.82) is 0 Å². The topological polar surface area (TPSA) is 12.0 Å². The van der Waals surface area contributed by atoms with Gasteiger partial charge in [-0.2, -0.15) is 0 Å². The van der Waals surface area contributed by atoms with Crippen LogP contribution in [0.5, 0.6) is 0 Å². The molecule has 0 aliphatic heterocycles. The molecular formula is C15H29N. The fourth-order valence-electron chi connectivity index (χ4n) is 3.70. The maximum absolute atomic E-state index is 3.87. The quantitative estimate of drug-likeness (QED) is 0.763. The van der Waals surface area contributed by atoms with E-state index < -0.39 is 0 Å². The Morgan fingerprint density at radius 1 is 1.06 bits per heavy atom. The summed E-state index contributed by atoms with van der Waals surface area (Å²) in [5, 5.41) is 3.87. The third-order valence-electron chi connectivity index (χ3n) is 5.17. The van der Waals surface area contributed by atoms with Crippen molar-refractivity contribution >= 4 is 0 Å². The molecule has 2 fully saturated rings. The van der Waals surface area contributed by atoms with E-state index in [9.17, 15) is 0 Å². The summed E-state index contributed by atoms with van der Waals surface area (Å²) in [5.41, 5.74) is 0.540. The van der Waals surface area contributed by atoms with E-state index in [1.165, 1.54) is 51.5 Å². The molecule has 0 spiro atoms. The predicted molar refractivity (Wildman–Crippen MR) is 70.5 cm³/mol. The Hall–Kier alpha value is -0.0400. The SMILES string of the molecule is CC1CCCCC1CNC1CCCC1(C)C. The van der Waals surface area contributed by atoms with Gasteiger partial charge in [0.1, 0.15) is 0 Å². The van der Waals surface area contributed by atoms with E-state index in [1.807, 2.05) is 0 Å². The normalized spacial score (nSPS) is 38.8. The van der Waals surface area contributed by atoms with Gasteiger partial charge in [0.2, 0.25) is 0 Å². The third kappa shape index (κ3) is 2.80. The second-order valence-corrected chi connectivity index (χ2v) is 6.86. The average molecular weight is 223 g/mol. The molecule has 1 nitrogen and oxygen atoms in total. The zero-order chi connectivity index (χ0) is 11.6. The van der Waals surface area contributed by atoms with Crippen molar-refractivity contribution in [2.24, 2.45) is 17.3 Å². The summed E-state index contributed by atoms with van der Waals surface area (Å²) in [5.74, 6) is 1.90. The minimum atomic E-state index is 0.540. The molecule has 0 aromatic heterocycles. The van der Waals surface area contributed by atoms with Crippen LogP contribution in [-0.4, -0.2) is 12.6 Å². The van der Waals surface area contributed by atoms with Gasteiger partial charge in [-0.1, -0.05) is 46.5 Å². The van der Waals surface area contributed by atoms with E-state index >= 15 is 0 Å². The fraction of sp³-hybridized carbons (Fsp3) is 1.00. The molecule has 0 heterocycles. The van der Waals surface area contributed by atoms with Gasteiger partial charge in [-0.15, -0.1) is 0 Å². The zero-order valence-corrected chi connectivity index (χ0v) is 11.4. The van der Waals surface area contributed by atoms with Crippen LogP contribution in [0.15, 0.2) is 0 Å². The zero-order valence-electron chi connectivity index (χ0n) is 11.4. The van der Waals surface area contributed by atoms with Crippen LogP contribution in [0.1, 0.15) is 65.7 Å². The summed E-state index contributed by atoms with van der Waals surface area (Å²) in [7, 11) is 0. The Morgan fingerprint density at radius 3 is 2.44 bits per heavy atom. The molecule has 0 aromatic carbocycles. The average Bonchev–Trinajstić information content (AvgIpc) is 2.57. The van der Waals surface area contributed by atoms with Crippen LogP contribution in [0.2, 0.25) is 0 Å². The highest BCUT2D eigenvalue weighted by Crippen LogP contribution is 2.37. The lowest BCUT2D eigenvalue weighted by Gasteiger charge is -2.33. The van der Waals surface area contributed by atoms with Crippen molar-refractivity contribution in [3.05, 3.63) is 0 Å². The van der Waals surface area contributed by atoms with Gasteiger partial charge in [0.25, 0.3) is 0 Å². The van der Waals surface area contributed by atoms with Gasteiger partial charge in [-0.05, 0) is 43.1 Å². The largest absolute Gasteiger partial charge is 0.313 e. The summed E-state index contributed by atoms with van der Waals surface area (Å²) in [6.07, 6.45) is 10.1. The molecule has 2 rings (SSSR count). The molecule has 94 valence electrons. The molecular weight excluding hydrogens is 194 g/mol. The molecule has 0 amide bonds. The number of nitrogens with one attached hydrogen (secondary N) is 1. The predicted octanol–water partition coefficient (Wildman–Crippen LogP) is 3.98. The van der Waals surface area contributed by atoms with Gasteiger partial charge in [0.05, 0.1) is 0 Å². The first kappa shape index (κ1) is 12.4. The maximum atomic E-state index is 3.87. The van der Waals surface area contributed by atoms with Crippen LogP contribution in [0.4, 0.5) is 0 Å². The molecule has 16 heavy (non-hydrogen) atoms. The van der Waals surface area contributed by atoms with E-state index in [0.717, 1.165) is 17.9 Å². The number of hydrogen-bond donors (Lipinski definition) is 1. The lowest BCUT2D eigenvalue weighted by Crippen LogP contribution is -2.41. The molecule has 2 aliphatic carbocycles. The first-order chi connectivity index (χ1) is 7.59. The number of hydrogen-bond acceptors (Lipinski definition) is 1. The molecule has 0 aromatic rings. The molecule has 0 radical (unpaired) electrons. The fourth-order valence-corrected chi connectivity index (χ4v) is 3.70. The Bertz CT molecular complexity index is 221. The van der Waals surface area contributed by atoms with Crippen LogP contribution in [0, 0.1) is 17.3 Å². The van der Waals surface area contributed by atoms with Crippen LogP contribution in [0.3, 0.4) is 0 Å². The van der Waals surface area contributed by atoms with E-state index in [2.05, 4.69) is 26.1 Å². The molecule has 2 aliphatic rings. The lowest BCUT2D eigenvalue weighted by molar-refractivity contribution is 0.213. The second-order valence-electron chi connectivity index (χ2n) is 6.86. The third-order valence-corrected chi connectivity index (χ3v) is 5.17. The van der Waals surface area contributed by atoms with Gasteiger partial charge in [-0.3, -0.25) is 0 Å². The summed E-state index contributed by atoms with van der Waals surface area (Å²) >= 11 is 0. The Kier molecular flexibility index (Phi) is 3.94. The Morgan fingerprint density at radius 2 is 1.81 bits per heavy atom. The molecule has 3 unspecified atom stereocenters. The first-order valence-electron chi connectivity index (χ1n) is 7.33. The minimum absolute atomic E-state index is 0.540. The molecule has 0 saturated heterocycles. The van der Waals surface area contributed by atoms with Crippen LogP contribution in [0.25, 0.3) is 0 Å². The van der Waals surface area contributed by atoms with Gasteiger partial charge in [0, 0.05) is 6.04 Å². The summed E-state index contributed by atoms with van der Waals surface area (Å²) in [6, 6.07) is 0.779. The van der Waals surface area contributed by atoms with Gasteiger partial charge < -0.3 is 5.32 Å². The van der Waals surface area contributed by atoms with Crippen LogP contribution >= 0.6 is 0 Å². The van der Waals surface area contributed by atoms with Crippen molar-refractivity contribution < 1.29 is 0 Å². The molecule has 1 heteroatoms. The van der Waals surface area contributed by atoms with Gasteiger partial charge in [-0.25, -0.2) is 0 Å². The van der Waals surface area contributed by atoms with Crippen molar-refractivity contribution in [2.75, 3.05) is 6.54 Å². The first-order valence-corrected chi connectivity index (χ1v) is 7.33. The van der Waals surface area contributed by atoms with Crippen LogP contribution in [-0.2, 0) is 0 Å².